The molecule has 3 heterocycles. The van der Waals surface area contributed by atoms with Gasteiger partial charge in [0.1, 0.15) is 0 Å². The molecular formula is C19H24N4O4. The van der Waals surface area contributed by atoms with E-state index in [0.717, 1.165) is 31.5 Å². The van der Waals surface area contributed by atoms with E-state index in [4.69, 9.17) is 14.0 Å². The largest absolute Gasteiger partial charge is 0.454 e. The van der Waals surface area contributed by atoms with E-state index in [2.05, 4.69) is 34.2 Å². The number of fused-ring (bicyclic) bond motifs is 1. The van der Waals surface area contributed by atoms with Gasteiger partial charge in [-0.15, -0.1) is 0 Å². The molecule has 0 bridgehead atoms. The SMILES string of the molecule is CC(C)N1CCC(C(=O)NCc2noc(-c3ccc4c(c3)OCO4)n2)CC1. The molecule has 8 nitrogen and oxygen atoms in total. The van der Waals surface area contributed by atoms with Gasteiger partial charge in [0.25, 0.3) is 5.89 Å². The zero-order valence-electron chi connectivity index (χ0n) is 15.6. The number of piperidine rings is 1. The van der Waals surface area contributed by atoms with Crippen molar-refractivity contribution in [2.45, 2.75) is 39.3 Å². The first-order valence-electron chi connectivity index (χ1n) is 9.34. The van der Waals surface area contributed by atoms with Crippen LogP contribution in [0.5, 0.6) is 11.5 Å². The zero-order chi connectivity index (χ0) is 18.8. The quantitative estimate of drug-likeness (QED) is 0.860. The molecule has 0 saturated carbocycles. The van der Waals surface area contributed by atoms with E-state index >= 15 is 0 Å². The van der Waals surface area contributed by atoms with Crippen LogP contribution in [-0.2, 0) is 11.3 Å². The Morgan fingerprint density at radius 2 is 2.04 bits per heavy atom. The number of likely N-dealkylation sites (tertiary alicyclic amines) is 1. The lowest BCUT2D eigenvalue weighted by Gasteiger charge is -2.33. The van der Waals surface area contributed by atoms with Gasteiger partial charge in [-0.3, -0.25) is 4.79 Å². The highest BCUT2D eigenvalue weighted by Crippen LogP contribution is 2.35. The number of hydrogen-bond donors (Lipinski definition) is 1. The Kier molecular flexibility index (Phi) is 4.98. The fourth-order valence-electron chi connectivity index (χ4n) is 3.46. The van der Waals surface area contributed by atoms with Gasteiger partial charge in [-0.05, 0) is 58.0 Å². The van der Waals surface area contributed by atoms with Crippen molar-refractivity contribution in [3.05, 3.63) is 24.0 Å². The minimum absolute atomic E-state index is 0.0558. The number of hydrogen-bond acceptors (Lipinski definition) is 7. The number of carbonyl (C=O) groups is 1. The third-order valence-electron chi connectivity index (χ3n) is 5.14. The number of aromatic nitrogens is 2. The smallest absolute Gasteiger partial charge is 0.258 e. The number of nitrogens with zero attached hydrogens (tertiary/aromatic N) is 3. The molecule has 8 heteroatoms. The summed E-state index contributed by atoms with van der Waals surface area (Å²) in [6.45, 7) is 6.79. The summed E-state index contributed by atoms with van der Waals surface area (Å²) in [6.07, 6.45) is 1.78. The van der Waals surface area contributed by atoms with E-state index in [1.54, 1.807) is 6.07 Å². The van der Waals surface area contributed by atoms with Gasteiger partial charge in [-0.2, -0.15) is 4.98 Å². The second-order valence-electron chi connectivity index (χ2n) is 7.21. The van der Waals surface area contributed by atoms with Crippen LogP contribution in [0.15, 0.2) is 22.7 Å². The molecule has 2 aliphatic rings. The average Bonchev–Trinajstić information content (AvgIpc) is 3.34. The topological polar surface area (TPSA) is 89.7 Å². The molecule has 1 N–H and O–H groups in total. The highest BCUT2D eigenvalue weighted by Gasteiger charge is 2.26. The second-order valence-corrected chi connectivity index (χ2v) is 7.21. The Morgan fingerprint density at radius 3 is 2.81 bits per heavy atom. The summed E-state index contributed by atoms with van der Waals surface area (Å²) in [6, 6.07) is 5.99. The maximum absolute atomic E-state index is 12.4. The van der Waals surface area contributed by atoms with E-state index in [0.29, 0.717) is 29.3 Å². The fraction of sp³-hybridized carbons (Fsp3) is 0.526. The molecule has 0 atom stereocenters. The van der Waals surface area contributed by atoms with Crippen molar-refractivity contribution in [3.8, 4) is 23.0 Å². The van der Waals surface area contributed by atoms with Gasteiger partial charge in [-0.1, -0.05) is 5.16 Å². The van der Waals surface area contributed by atoms with Crippen LogP contribution in [-0.4, -0.2) is 46.9 Å². The van der Waals surface area contributed by atoms with E-state index in [1.165, 1.54) is 0 Å². The standard InChI is InChI=1S/C19H24N4O4/c1-12(2)23-7-5-13(6-8-23)18(24)20-10-17-21-19(27-22-17)14-3-4-15-16(9-14)26-11-25-15/h3-4,9,12-13H,5-8,10-11H2,1-2H3,(H,20,24). The summed E-state index contributed by atoms with van der Waals surface area (Å²) in [7, 11) is 0. The summed E-state index contributed by atoms with van der Waals surface area (Å²) in [5, 5.41) is 6.89. The molecule has 0 radical (unpaired) electrons. The molecule has 0 aliphatic carbocycles. The lowest BCUT2D eigenvalue weighted by Crippen LogP contribution is -2.43. The van der Waals surface area contributed by atoms with Crippen molar-refractivity contribution in [1.29, 1.82) is 0 Å². The molecule has 1 saturated heterocycles. The van der Waals surface area contributed by atoms with Crippen molar-refractivity contribution in [2.24, 2.45) is 5.92 Å². The molecule has 2 aromatic rings. The van der Waals surface area contributed by atoms with Gasteiger partial charge in [-0.25, -0.2) is 0 Å². The maximum Gasteiger partial charge on any atom is 0.258 e. The van der Waals surface area contributed by atoms with Crippen LogP contribution in [0, 0.1) is 5.92 Å². The number of amides is 1. The first-order valence-corrected chi connectivity index (χ1v) is 9.34. The number of rotatable bonds is 5. The van der Waals surface area contributed by atoms with Crippen LogP contribution in [0.4, 0.5) is 0 Å². The average molecular weight is 372 g/mol. The second kappa shape index (κ2) is 7.56. The number of ether oxygens (including phenoxy) is 2. The maximum atomic E-state index is 12.4. The van der Waals surface area contributed by atoms with Gasteiger partial charge in [0.05, 0.1) is 6.54 Å². The van der Waals surface area contributed by atoms with Gasteiger partial charge in [0.2, 0.25) is 12.7 Å². The Hall–Kier alpha value is -2.61. The van der Waals surface area contributed by atoms with Crippen molar-refractivity contribution < 1.29 is 18.8 Å². The van der Waals surface area contributed by atoms with Crippen LogP contribution in [0.1, 0.15) is 32.5 Å². The van der Waals surface area contributed by atoms with Gasteiger partial charge in [0, 0.05) is 17.5 Å². The molecule has 27 heavy (non-hydrogen) atoms. The Balaban J connectivity index is 1.31. The number of benzene rings is 1. The first-order chi connectivity index (χ1) is 13.1. The van der Waals surface area contributed by atoms with Crippen molar-refractivity contribution in [2.75, 3.05) is 19.9 Å². The zero-order valence-corrected chi connectivity index (χ0v) is 15.6. The van der Waals surface area contributed by atoms with Crippen LogP contribution >= 0.6 is 0 Å². The minimum Gasteiger partial charge on any atom is -0.454 e. The first kappa shape index (κ1) is 17.8. The third-order valence-corrected chi connectivity index (χ3v) is 5.14. The van der Waals surface area contributed by atoms with Crippen molar-refractivity contribution >= 4 is 5.91 Å². The Labute approximate surface area is 157 Å². The van der Waals surface area contributed by atoms with Gasteiger partial charge >= 0.3 is 0 Å². The molecule has 1 aromatic carbocycles. The van der Waals surface area contributed by atoms with E-state index in [9.17, 15) is 4.79 Å². The molecule has 4 rings (SSSR count). The highest BCUT2D eigenvalue weighted by atomic mass is 16.7. The minimum atomic E-state index is 0.0558. The Bertz CT molecular complexity index is 812. The van der Waals surface area contributed by atoms with Gasteiger partial charge in [0.15, 0.2) is 17.3 Å². The predicted molar refractivity (Wildman–Crippen MR) is 97.1 cm³/mol. The lowest BCUT2D eigenvalue weighted by molar-refractivity contribution is -0.126. The normalized spacial score (nSPS) is 17.4. The van der Waals surface area contributed by atoms with Crippen molar-refractivity contribution in [3.63, 3.8) is 0 Å². The highest BCUT2D eigenvalue weighted by molar-refractivity contribution is 5.78. The molecular weight excluding hydrogens is 348 g/mol. The summed E-state index contributed by atoms with van der Waals surface area (Å²) in [5.41, 5.74) is 0.755. The molecule has 144 valence electrons. The van der Waals surface area contributed by atoms with Crippen LogP contribution in [0.2, 0.25) is 0 Å². The lowest BCUT2D eigenvalue weighted by atomic mass is 9.95. The number of carbonyl (C=O) groups excluding carboxylic acids is 1. The van der Waals surface area contributed by atoms with E-state index < -0.39 is 0 Å². The molecule has 0 spiro atoms. The van der Waals surface area contributed by atoms with Gasteiger partial charge < -0.3 is 24.2 Å². The van der Waals surface area contributed by atoms with Crippen LogP contribution in [0.25, 0.3) is 11.5 Å². The van der Waals surface area contributed by atoms with Crippen LogP contribution < -0.4 is 14.8 Å². The Morgan fingerprint density at radius 1 is 1.26 bits per heavy atom. The molecule has 0 unspecified atom stereocenters. The van der Waals surface area contributed by atoms with E-state index in [1.807, 2.05) is 12.1 Å². The molecule has 1 fully saturated rings. The molecule has 1 aromatic heterocycles. The summed E-state index contributed by atoms with van der Waals surface area (Å²) >= 11 is 0. The third kappa shape index (κ3) is 3.90. The monoisotopic (exact) mass is 372 g/mol. The predicted octanol–water partition coefficient (Wildman–Crippen LogP) is 2.20. The summed E-state index contributed by atoms with van der Waals surface area (Å²) in [5.74, 6) is 2.33. The fourth-order valence-corrected chi connectivity index (χ4v) is 3.46. The van der Waals surface area contributed by atoms with Crippen LogP contribution in [0.3, 0.4) is 0 Å². The van der Waals surface area contributed by atoms with E-state index in [-0.39, 0.29) is 25.2 Å². The molecule has 1 amide bonds. The summed E-state index contributed by atoms with van der Waals surface area (Å²) < 4.78 is 16.0. The summed E-state index contributed by atoms with van der Waals surface area (Å²) in [4.78, 5) is 19.2. The number of nitrogens with one attached hydrogen (secondary N) is 1. The molecule has 2 aliphatic heterocycles. The van der Waals surface area contributed by atoms with Crippen molar-refractivity contribution in [1.82, 2.24) is 20.4 Å².